The highest BCUT2D eigenvalue weighted by Crippen LogP contribution is 2.43. The van der Waals surface area contributed by atoms with Crippen molar-refractivity contribution in [1.29, 1.82) is 0 Å². The van der Waals surface area contributed by atoms with Crippen molar-refractivity contribution in [2.75, 3.05) is 20.5 Å². The first-order valence-corrected chi connectivity index (χ1v) is 22.7. The van der Waals surface area contributed by atoms with Crippen molar-refractivity contribution in [3.63, 3.8) is 0 Å². The molecule has 0 aliphatic rings. The molecule has 0 N–H and O–H groups in total. The van der Waals surface area contributed by atoms with Crippen LogP contribution in [0, 0.1) is 0 Å². The molecule has 7 nitrogen and oxygen atoms in total. The molecule has 0 aliphatic carbocycles. The maximum absolute atomic E-state index is 6.02. The van der Waals surface area contributed by atoms with Gasteiger partial charge in [0.15, 0.2) is 6.79 Å². The fraction of sp³-hybridized carbons (Fsp3) is 0.167. The van der Waals surface area contributed by atoms with E-state index < -0.39 is 13.6 Å². The number of fused-ring (bicyclic) bond motifs is 1. The number of imidazole rings is 1. The molecule has 0 amide bonds. The zero-order valence-electron chi connectivity index (χ0n) is 32.3. The number of benzene rings is 5. The summed E-state index contributed by atoms with van der Waals surface area (Å²) in [6.07, 6.45) is 6.28. The smallest absolute Gasteiger partial charge is 0.189 e. The van der Waals surface area contributed by atoms with Crippen LogP contribution in [0.5, 0.6) is 11.5 Å². The molecule has 8 rings (SSSR count). The topological polar surface area (TPSA) is 62.8 Å². The van der Waals surface area contributed by atoms with Gasteiger partial charge in [0, 0.05) is 49.3 Å². The molecule has 0 bridgehead atoms. The third kappa shape index (κ3) is 7.41. The first-order valence-electron chi connectivity index (χ1n) is 19.0. The van der Waals surface area contributed by atoms with E-state index in [0.717, 1.165) is 73.5 Å². The molecule has 5 aromatic carbocycles. The van der Waals surface area contributed by atoms with Gasteiger partial charge in [0.25, 0.3) is 0 Å². The van der Waals surface area contributed by atoms with E-state index in [1.807, 2.05) is 30.5 Å². The van der Waals surface area contributed by atoms with Crippen LogP contribution in [-0.4, -0.2) is 47.7 Å². The van der Waals surface area contributed by atoms with E-state index in [1.54, 1.807) is 7.11 Å². The molecule has 56 heavy (non-hydrogen) atoms. The fourth-order valence-electron chi connectivity index (χ4n) is 7.28. The molecule has 8 aromatic rings. The number of aromatic nitrogens is 4. The van der Waals surface area contributed by atoms with Crippen LogP contribution in [0.25, 0.3) is 39.3 Å². The van der Waals surface area contributed by atoms with Gasteiger partial charge in [-0.3, -0.25) is 9.08 Å². The summed E-state index contributed by atoms with van der Waals surface area (Å²) in [7, 11) is 0.505. The Balaban J connectivity index is 1.29. The second kappa shape index (κ2) is 15.9. The molecule has 280 valence electrons. The largest absolute Gasteiger partial charge is 0.497 e. The fourth-order valence-corrected chi connectivity index (χ4v) is 8.03. The van der Waals surface area contributed by atoms with Crippen LogP contribution in [0.1, 0.15) is 16.7 Å². The van der Waals surface area contributed by atoms with Crippen molar-refractivity contribution in [1.82, 2.24) is 19.2 Å². The van der Waals surface area contributed by atoms with Crippen LogP contribution in [0.15, 0.2) is 170 Å². The summed E-state index contributed by atoms with van der Waals surface area (Å²) in [4.78, 5) is 4.76. The number of pyridine rings is 1. The maximum Gasteiger partial charge on any atom is 0.189 e. The second-order valence-electron chi connectivity index (χ2n) is 15.2. The highest BCUT2D eigenvalue weighted by molar-refractivity contribution is 6.76. The van der Waals surface area contributed by atoms with E-state index in [2.05, 4.69) is 169 Å². The van der Waals surface area contributed by atoms with Gasteiger partial charge in [0.1, 0.15) is 28.4 Å². The molecule has 0 radical (unpaired) electrons. The van der Waals surface area contributed by atoms with Crippen LogP contribution in [-0.2, 0) is 10.3 Å². The first kappa shape index (κ1) is 36.7. The van der Waals surface area contributed by atoms with E-state index in [9.17, 15) is 0 Å². The molecular weight excluding hydrogens is 709 g/mol. The molecule has 0 fully saturated rings. The Morgan fingerprint density at radius 1 is 0.607 bits per heavy atom. The molecule has 0 saturated carbocycles. The van der Waals surface area contributed by atoms with Gasteiger partial charge in [-0.05, 0) is 83.4 Å². The number of methoxy groups -OCH3 is 1. The molecule has 0 saturated heterocycles. The highest BCUT2D eigenvalue weighted by atomic mass is 28.3. The van der Waals surface area contributed by atoms with E-state index in [4.69, 9.17) is 24.3 Å². The third-order valence-corrected chi connectivity index (χ3v) is 12.0. The predicted octanol–water partition coefficient (Wildman–Crippen LogP) is 11.1. The average molecular weight is 755 g/mol. The normalized spacial score (nSPS) is 11.9. The Morgan fingerprint density at radius 2 is 1.16 bits per heavy atom. The Morgan fingerprint density at radius 3 is 1.73 bits per heavy atom. The molecule has 3 heterocycles. The summed E-state index contributed by atoms with van der Waals surface area (Å²) < 4.78 is 21.6. The summed E-state index contributed by atoms with van der Waals surface area (Å²) in [5.74, 6) is 1.56. The zero-order chi connectivity index (χ0) is 38.5. The molecule has 0 atom stereocenters. The number of ether oxygens (including phenoxy) is 3. The van der Waals surface area contributed by atoms with Gasteiger partial charge in [-0.1, -0.05) is 111 Å². The van der Waals surface area contributed by atoms with Gasteiger partial charge in [-0.25, -0.2) is 4.98 Å². The summed E-state index contributed by atoms with van der Waals surface area (Å²) in [5, 5.41) is 5.58. The van der Waals surface area contributed by atoms with Gasteiger partial charge >= 0.3 is 0 Å². The van der Waals surface area contributed by atoms with Crippen LogP contribution < -0.4 is 9.47 Å². The molecule has 0 unspecified atom stereocenters. The lowest BCUT2D eigenvalue weighted by atomic mass is 9.77. The monoisotopic (exact) mass is 754 g/mol. The summed E-state index contributed by atoms with van der Waals surface area (Å²) in [6, 6.07) is 53.5. The minimum absolute atomic E-state index is 0.221. The van der Waals surface area contributed by atoms with Crippen LogP contribution >= 0.6 is 0 Å². The molecular formula is C48H46N4O3Si. The number of hydrogen-bond acceptors (Lipinski definition) is 5. The van der Waals surface area contributed by atoms with E-state index in [1.165, 1.54) is 0 Å². The van der Waals surface area contributed by atoms with Gasteiger partial charge < -0.3 is 14.2 Å². The quantitative estimate of drug-likeness (QED) is 0.0479. The van der Waals surface area contributed by atoms with Crippen LogP contribution in [0.3, 0.4) is 0 Å². The van der Waals surface area contributed by atoms with Gasteiger partial charge in [0.05, 0.1) is 19.0 Å². The van der Waals surface area contributed by atoms with Crippen molar-refractivity contribution >= 4 is 13.7 Å². The first-order chi connectivity index (χ1) is 27.3. The summed E-state index contributed by atoms with van der Waals surface area (Å²) >= 11 is 0. The van der Waals surface area contributed by atoms with Crippen molar-refractivity contribution in [2.45, 2.75) is 31.2 Å². The van der Waals surface area contributed by atoms with Crippen LogP contribution in [0.4, 0.5) is 0 Å². The number of hydrogen-bond donors (Lipinski definition) is 0. The van der Waals surface area contributed by atoms with Crippen LogP contribution in [0.2, 0.25) is 25.7 Å². The standard InChI is InChI=1S/C48H46N4O3Si/c1-53-42-25-20-36(21-26-42)45-32-49-46-29-24-38(33-51(45)46)44-34-52(50-47(44)37-22-27-43(28-23-37)55-35-54-30-31-56(2,3)4)48(39-14-8-5-9-15-39,40-16-10-6-11-17-40)41-18-12-7-13-19-41/h5-29,32-34H,30-31,35H2,1-4H3. The SMILES string of the molecule is COc1ccc(-c2cnc3ccc(-c4cn(C(c5ccccc5)(c5ccccc5)c5ccccc5)nc4-c4ccc(OCOCC[Si](C)(C)C)cc4)cn23)cc1. The Hall–Kier alpha value is -6.22. The molecule has 0 spiro atoms. The van der Waals surface area contributed by atoms with Crippen molar-refractivity contribution in [2.24, 2.45) is 0 Å². The summed E-state index contributed by atoms with van der Waals surface area (Å²) in [6.45, 7) is 7.98. The maximum atomic E-state index is 6.02. The van der Waals surface area contributed by atoms with E-state index >= 15 is 0 Å². The third-order valence-electron chi connectivity index (χ3n) is 10.3. The Labute approximate surface area is 329 Å². The van der Waals surface area contributed by atoms with Gasteiger partial charge in [0.2, 0.25) is 0 Å². The second-order valence-corrected chi connectivity index (χ2v) is 20.8. The Kier molecular flexibility index (Phi) is 10.4. The lowest BCUT2D eigenvalue weighted by Gasteiger charge is -2.36. The van der Waals surface area contributed by atoms with Gasteiger partial charge in [-0.15, -0.1) is 0 Å². The lowest BCUT2D eigenvalue weighted by Crippen LogP contribution is -2.38. The van der Waals surface area contributed by atoms with Crippen molar-refractivity contribution < 1.29 is 14.2 Å². The van der Waals surface area contributed by atoms with Crippen molar-refractivity contribution in [3.8, 4) is 45.1 Å². The molecule has 8 heteroatoms. The predicted molar refractivity (Wildman–Crippen MR) is 228 cm³/mol. The highest BCUT2D eigenvalue weighted by Gasteiger charge is 2.40. The molecule has 3 aromatic heterocycles. The van der Waals surface area contributed by atoms with Crippen molar-refractivity contribution in [3.05, 3.63) is 187 Å². The number of nitrogens with zero attached hydrogens (tertiary/aromatic N) is 4. The lowest BCUT2D eigenvalue weighted by molar-refractivity contribution is 0.0220. The summed E-state index contributed by atoms with van der Waals surface area (Å²) in [5.41, 5.74) is 9.20. The molecule has 0 aliphatic heterocycles. The minimum Gasteiger partial charge on any atom is -0.497 e. The minimum atomic E-state index is -1.18. The van der Waals surface area contributed by atoms with Gasteiger partial charge in [-0.2, -0.15) is 5.10 Å². The van der Waals surface area contributed by atoms with E-state index in [0.29, 0.717) is 6.61 Å². The number of rotatable bonds is 14. The zero-order valence-corrected chi connectivity index (χ0v) is 33.3. The average Bonchev–Trinajstić information content (AvgIpc) is 3.87. The Bertz CT molecular complexity index is 2410. The van der Waals surface area contributed by atoms with E-state index in [-0.39, 0.29) is 6.79 Å².